The number of amides is 2. The van der Waals surface area contributed by atoms with E-state index in [1.54, 1.807) is 11.8 Å². The van der Waals surface area contributed by atoms with Gasteiger partial charge in [0.1, 0.15) is 5.54 Å². The smallest absolute Gasteiger partial charge is 0.329 e. The lowest BCUT2D eigenvalue weighted by molar-refractivity contribution is -0.147. The molecule has 112 valence electrons. The summed E-state index contributed by atoms with van der Waals surface area (Å²) in [5.74, 6) is -1.60. The molecule has 0 aromatic rings. The SMILES string of the molecule is COC(=O)C1CCN(C(=O)N2CCCC2(C)C(=O)O)C1. The van der Waals surface area contributed by atoms with Crippen LogP contribution in [0.15, 0.2) is 0 Å². The average Bonchev–Trinajstić information content (AvgIpc) is 3.04. The van der Waals surface area contributed by atoms with Gasteiger partial charge in [-0.25, -0.2) is 9.59 Å². The highest BCUT2D eigenvalue weighted by Gasteiger charge is 2.48. The lowest BCUT2D eigenvalue weighted by Crippen LogP contribution is -2.54. The van der Waals surface area contributed by atoms with Gasteiger partial charge in [0.25, 0.3) is 0 Å². The van der Waals surface area contributed by atoms with E-state index in [4.69, 9.17) is 0 Å². The maximum Gasteiger partial charge on any atom is 0.329 e. The molecule has 0 bridgehead atoms. The second-order valence-electron chi connectivity index (χ2n) is 5.57. The molecule has 0 aromatic carbocycles. The average molecular weight is 284 g/mol. The first-order valence-electron chi connectivity index (χ1n) is 6.78. The number of aliphatic carboxylic acids is 1. The topological polar surface area (TPSA) is 87.2 Å². The van der Waals surface area contributed by atoms with Gasteiger partial charge in [0, 0.05) is 19.6 Å². The first-order chi connectivity index (χ1) is 9.40. The van der Waals surface area contributed by atoms with Crippen LogP contribution in [0.4, 0.5) is 4.79 Å². The third-order valence-corrected chi connectivity index (χ3v) is 4.33. The summed E-state index contributed by atoms with van der Waals surface area (Å²) in [5.41, 5.74) is -1.14. The Kier molecular flexibility index (Phi) is 3.87. The van der Waals surface area contributed by atoms with Gasteiger partial charge in [-0.1, -0.05) is 0 Å². The van der Waals surface area contributed by atoms with E-state index >= 15 is 0 Å². The van der Waals surface area contributed by atoms with Crippen molar-refractivity contribution in [3.8, 4) is 0 Å². The van der Waals surface area contributed by atoms with E-state index in [9.17, 15) is 19.5 Å². The van der Waals surface area contributed by atoms with Crippen LogP contribution in [0.25, 0.3) is 0 Å². The number of urea groups is 1. The van der Waals surface area contributed by atoms with E-state index in [1.807, 2.05) is 0 Å². The van der Waals surface area contributed by atoms with Crippen LogP contribution < -0.4 is 0 Å². The molecular formula is C13H20N2O5. The predicted molar refractivity (Wildman–Crippen MR) is 69.1 cm³/mol. The van der Waals surface area contributed by atoms with Crippen LogP contribution in [0.1, 0.15) is 26.2 Å². The Morgan fingerprint density at radius 2 is 2.00 bits per heavy atom. The minimum absolute atomic E-state index is 0.293. The monoisotopic (exact) mass is 284 g/mol. The lowest BCUT2D eigenvalue weighted by atomic mass is 10.00. The van der Waals surface area contributed by atoms with Crippen molar-refractivity contribution in [3.05, 3.63) is 0 Å². The van der Waals surface area contributed by atoms with Crippen LogP contribution in [0, 0.1) is 5.92 Å². The highest BCUT2D eigenvalue weighted by molar-refractivity contribution is 5.87. The van der Waals surface area contributed by atoms with Crippen molar-refractivity contribution in [2.24, 2.45) is 5.92 Å². The Morgan fingerprint density at radius 1 is 1.30 bits per heavy atom. The fraction of sp³-hybridized carbons (Fsp3) is 0.769. The molecule has 2 amide bonds. The molecule has 0 radical (unpaired) electrons. The van der Waals surface area contributed by atoms with E-state index in [2.05, 4.69) is 4.74 Å². The number of nitrogens with zero attached hydrogens (tertiary/aromatic N) is 2. The van der Waals surface area contributed by atoms with Gasteiger partial charge in [-0.2, -0.15) is 0 Å². The summed E-state index contributed by atoms with van der Waals surface area (Å²) in [6.45, 7) is 2.79. The van der Waals surface area contributed by atoms with Crippen molar-refractivity contribution in [2.45, 2.75) is 31.7 Å². The molecule has 20 heavy (non-hydrogen) atoms. The van der Waals surface area contributed by atoms with E-state index in [1.165, 1.54) is 12.0 Å². The van der Waals surface area contributed by atoms with Gasteiger partial charge in [0.05, 0.1) is 13.0 Å². The van der Waals surface area contributed by atoms with Crippen LogP contribution in [-0.4, -0.2) is 65.2 Å². The van der Waals surface area contributed by atoms with Gasteiger partial charge in [-0.15, -0.1) is 0 Å². The molecule has 2 heterocycles. The summed E-state index contributed by atoms with van der Waals surface area (Å²) in [6, 6.07) is -0.293. The van der Waals surface area contributed by atoms with Crippen LogP contribution in [-0.2, 0) is 14.3 Å². The Labute approximate surface area is 117 Å². The van der Waals surface area contributed by atoms with E-state index < -0.39 is 11.5 Å². The zero-order valence-electron chi connectivity index (χ0n) is 11.8. The maximum absolute atomic E-state index is 12.5. The van der Waals surface area contributed by atoms with Gasteiger partial charge in [0.2, 0.25) is 0 Å². The molecule has 0 spiro atoms. The zero-order valence-corrected chi connectivity index (χ0v) is 11.8. The molecule has 2 aliphatic rings. The number of methoxy groups -OCH3 is 1. The number of hydrogen-bond donors (Lipinski definition) is 1. The summed E-state index contributed by atoms with van der Waals surface area (Å²) in [7, 11) is 1.33. The Hall–Kier alpha value is -1.79. The minimum Gasteiger partial charge on any atom is -0.480 e. The summed E-state index contributed by atoms with van der Waals surface area (Å²) < 4.78 is 4.68. The number of carbonyl (C=O) groups excluding carboxylic acids is 2. The van der Waals surface area contributed by atoms with Crippen molar-refractivity contribution in [1.29, 1.82) is 0 Å². The van der Waals surface area contributed by atoms with Crippen LogP contribution >= 0.6 is 0 Å². The highest BCUT2D eigenvalue weighted by Crippen LogP contribution is 2.31. The summed E-state index contributed by atoms with van der Waals surface area (Å²) in [5, 5.41) is 9.33. The number of rotatable bonds is 2. The number of likely N-dealkylation sites (tertiary alicyclic amines) is 2. The number of ether oxygens (including phenoxy) is 1. The summed E-state index contributed by atoms with van der Waals surface area (Å²) >= 11 is 0. The van der Waals surface area contributed by atoms with E-state index in [-0.39, 0.29) is 17.9 Å². The molecule has 2 saturated heterocycles. The van der Waals surface area contributed by atoms with Crippen LogP contribution in [0.5, 0.6) is 0 Å². The molecular weight excluding hydrogens is 264 g/mol. The molecule has 2 atom stereocenters. The summed E-state index contributed by atoms with van der Waals surface area (Å²) in [4.78, 5) is 38.3. The molecule has 2 fully saturated rings. The van der Waals surface area contributed by atoms with Crippen LogP contribution in [0.2, 0.25) is 0 Å². The van der Waals surface area contributed by atoms with Crippen molar-refractivity contribution < 1.29 is 24.2 Å². The largest absolute Gasteiger partial charge is 0.480 e. The number of hydrogen-bond acceptors (Lipinski definition) is 4. The first-order valence-corrected chi connectivity index (χ1v) is 6.78. The van der Waals surface area contributed by atoms with Gasteiger partial charge in [-0.3, -0.25) is 4.79 Å². The normalized spacial score (nSPS) is 29.6. The van der Waals surface area contributed by atoms with E-state index in [0.717, 1.165) is 0 Å². The van der Waals surface area contributed by atoms with Crippen molar-refractivity contribution >= 4 is 18.0 Å². The molecule has 0 saturated carbocycles. The Balaban J connectivity index is 2.05. The Bertz CT molecular complexity index is 438. The molecule has 2 unspecified atom stereocenters. The Morgan fingerprint density at radius 3 is 2.60 bits per heavy atom. The third-order valence-electron chi connectivity index (χ3n) is 4.33. The number of esters is 1. The molecule has 7 heteroatoms. The minimum atomic E-state index is -1.14. The van der Waals surface area contributed by atoms with Gasteiger partial charge >= 0.3 is 18.0 Å². The van der Waals surface area contributed by atoms with Gasteiger partial charge in [-0.05, 0) is 26.2 Å². The van der Waals surface area contributed by atoms with Crippen molar-refractivity contribution in [1.82, 2.24) is 9.80 Å². The van der Waals surface area contributed by atoms with Crippen LogP contribution in [0.3, 0.4) is 0 Å². The fourth-order valence-electron chi connectivity index (χ4n) is 2.96. The van der Waals surface area contributed by atoms with E-state index in [0.29, 0.717) is 38.9 Å². The second-order valence-corrected chi connectivity index (χ2v) is 5.57. The second kappa shape index (κ2) is 5.30. The van der Waals surface area contributed by atoms with Gasteiger partial charge in [0.15, 0.2) is 0 Å². The molecule has 2 aliphatic heterocycles. The molecule has 1 N–H and O–H groups in total. The van der Waals surface area contributed by atoms with Gasteiger partial charge < -0.3 is 19.6 Å². The standard InChI is InChI=1S/C13H20N2O5/c1-13(11(17)18)5-3-6-15(13)12(19)14-7-4-9(8-14)10(16)20-2/h9H,3-8H2,1-2H3,(H,17,18). The molecule has 2 rings (SSSR count). The predicted octanol–water partition coefficient (Wildman–Crippen LogP) is 0.540. The maximum atomic E-state index is 12.5. The first kappa shape index (κ1) is 14.6. The quantitative estimate of drug-likeness (QED) is 0.748. The number of carboxylic acid groups (broad SMARTS) is 1. The zero-order chi connectivity index (χ0) is 14.9. The highest BCUT2D eigenvalue weighted by atomic mass is 16.5. The lowest BCUT2D eigenvalue weighted by Gasteiger charge is -2.34. The number of carbonyl (C=O) groups is 3. The molecule has 7 nitrogen and oxygen atoms in total. The molecule has 0 aromatic heterocycles. The third kappa shape index (κ3) is 2.32. The molecule has 0 aliphatic carbocycles. The fourth-order valence-corrected chi connectivity index (χ4v) is 2.96. The van der Waals surface area contributed by atoms with Crippen molar-refractivity contribution in [3.63, 3.8) is 0 Å². The van der Waals surface area contributed by atoms with Crippen molar-refractivity contribution in [2.75, 3.05) is 26.7 Å². The summed E-state index contributed by atoms with van der Waals surface area (Å²) in [6.07, 6.45) is 1.71. The number of carboxylic acids is 1.